The van der Waals surface area contributed by atoms with Crippen LogP contribution in [0.2, 0.25) is 0 Å². The maximum absolute atomic E-state index is 15.3. The van der Waals surface area contributed by atoms with Gasteiger partial charge in [-0.3, -0.25) is 5.10 Å². The Morgan fingerprint density at radius 2 is 2.15 bits per heavy atom. The van der Waals surface area contributed by atoms with Crippen molar-refractivity contribution in [2.24, 2.45) is 5.92 Å². The van der Waals surface area contributed by atoms with Crippen molar-refractivity contribution in [3.05, 3.63) is 54.0 Å². The van der Waals surface area contributed by atoms with Crippen molar-refractivity contribution in [3.8, 4) is 17.0 Å². The van der Waals surface area contributed by atoms with Crippen molar-refractivity contribution >= 4 is 23.2 Å². The lowest BCUT2D eigenvalue weighted by Gasteiger charge is -2.61. The topological polar surface area (TPSA) is 148 Å². The first-order valence-electron chi connectivity index (χ1n) is 13.1. The normalized spacial score (nSPS) is 26.7. The summed E-state index contributed by atoms with van der Waals surface area (Å²) in [7, 11) is 1.59. The molecule has 208 valence electrons. The highest BCUT2D eigenvalue weighted by molar-refractivity contribution is 5.76. The van der Waals surface area contributed by atoms with Crippen molar-refractivity contribution < 1.29 is 28.5 Å². The molecule has 2 bridgehead atoms. The van der Waals surface area contributed by atoms with Crippen molar-refractivity contribution in [1.29, 1.82) is 0 Å². The van der Waals surface area contributed by atoms with Crippen LogP contribution in [-0.4, -0.2) is 67.5 Å². The number of nitrogens with one attached hydrogen (secondary N) is 3. The maximum Gasteiger partial charge on any atom is 0.408 e. The second-order valence-corrected chi connectivity index (χ2v) is 10.7. The molecule has 3 aliphatic carbocycles. The summed E-state index contributed by atoms with van der Waals surface area (Å²) in [4.78, 5) is 17.1. The molecule has 0 radical (unpaired) electrons. The third kappa shape index (κ3) is 4.31. The van der Waals surface area contributed by atoms with Gasteiger partial charge in [0.25, 0.3) is 0 Å². The highest BCUT2D eigenvalue weighted by Gasteiger charge is 2.58. The Hall–Kier alpha value is -4.23. The van der Waals surface area contributed by atoms with Crippen molar-refractivity contribution in [1.82, 2.24) is 30.1 Å². The van der Waals surface area contributed by atoms with Gasteiger partial charge in [0.15, 0.2) is 23.9 Å². The van der Waals surface area contributed by atoms with Crippen molar-refractivity contribution in [2.45, 2.75) is 49.8 Å². The van der Waals surface area contributed by atoms with E-state index in [2.05, 4.69) is 25.9 Å². The SMILES string of the molecule is COc1cccc(-c2cn3nc(CO)cc3c(Nc3cc([C@@H]4OC[C@H](OC(=O)NC56CC(C5)C6)[C@@H]4F)[nH]n3)n2)c1. The van der Waals surface area contributed by atoms with Gasteiger partial charge in [0, 0.05) is 17.2 Å². The molecule has 3 aromatic heterocycles. The van der Waals surface area contributed by atoms with Gasteiger partial charge in [-0.1, -0.05) is 12.1 Å². The molecule has 1 aliphatic heterocycles. The predicted octanol–water partition coefficient (Wildman–Crippen LogP) is 3.42. The highest BCUT2D eigenvalue weighted by atomic mass is 19.1. The summed E-state index contributed by atoms with van der Waals surface area (Å²) in [6.07, 6.45) is 0.530. The number of rotatable bonds is 8. The van der Waals surface area contributed by atoms with E-state index in [4.69, 9.17) is 19.2 Å². The summed E-state index contributed by atoms with van der Waals surface area (Å²) in [5.74, 6) is 2.19. The predicted molar refractivity (Wildman–Crippen MR) is 140 cm³/mol. The van der Waals surface area contributed by atoms with Crippen LogP contribution in [0, 0.1) is 5.92 Å². The number of alkyl carbamates (subject to hydrolysis) is 1. The van der Waals surface area contributed by atoms with Gasteiger partial charge in [0.05, 0.1) is 43.6 Å². The summed E-state index contributed by atoms with van der Waals surface area (Å²) < 4.78 is 33.2. The number of aromatic nitrogens is 5. The van der Waals surface area contributed by atoms with Gasteiger partial charge in [-0.15, -0.1) is 0 Å². The third-order valence-electron chi connectivity index (χ3n) is 7.93. The van der Waals surface area contributed by atoms with Crippen LogP contribution in [0.5, 0.6) is 5.75 Å². The van der Waals surface area contributed by atoms with E-state index in [-0.39, 0.29) is 18.8 Å². The molecule has 12 nitrogen and oxygen atoms in total. The number of carbonyl (C=O) groups excluding carboxylic acids is 1. The molecule has 4 heterocycles. The van der Waals surface area contributed by atoms with E-state index in [0.29, 0.717) is 45.9 Å². The Bertz CT molecular complexity index is 1570. The lowest BCUT2D eigenvalue weighted by Crippen LogP contribution is -2.68. The van der Waals surface area contributed by atoms with Gasteiger partial charge in [0.1, 0.15) is 17.4 Å². The summed E-state index contributed by atoms with van der Waals surface area (Å²) in [5, 5.41) is 27.2. The minimum absolute atomic E-state index is 0.0544. The zero-order valence-electron chi connectivity index (χ0n) is 21.6. The number of aliphatic hydroxyl groups is 1. The van der Waals surface area contributed by atoms with Crippen molar-refractivity contribution in [3.63, 3.8) is 0 Å². The van der Waals surface area contributed by atoms with Crippen LogP contribution in [0.25, 0.3) is 16.8 Å². The first-order chi connectivity index (χ1) is 19.4. The molecule has 3 atom stereocenters. The van der Waals surface area contributed by atoms with Gasteiger partial charge in [0.2, 0.25) is 0 Å². The summed E-state index contributed by atoms with van der Waals surface area (Å²) in [6.45, 7) is -0.289. The monoisotopic (exact) mass is 549 g/mol. The molecule has 4 N–H and O–H groups in total. The van der Waals surface area contributed by atoms with E-state index in [1.54, 1.807) is 30.0 Å². The number of aliphatic hydroxyl groups excluding tert-OH is 1. The van der Waals surface area contributed by atoms with Crippen LogP contribution in [0.1, 0.15) is 36.8 Å². The van der Waals surface area contributed by atoms with Gasteiger partial charge in [-0.05, 0) is 43.4 Å². The highest BCUT2D eigenvalue weighted by Crippen LogP contribution is 2.57. The quantitative estimate of drug-likeness (QED) is 0.259. The summed E-state index contributed by atoms with van der Waals surface area (Å²) >= 11 is 0. The molecular weight excluding hydrogens is 521 g/mol. The van der Waals surface area contributed by atoms with Crippen LogP contribution >= 0.6 is 0 Å². The van der Waals surface area contributed by atoms with E-state index in [9.17, 15) is 9.90 Å². The van der Waals surface area contributed by atoms with Crippen LogP contribution in [0.3, 0.4) is 0 Å². The summed E-state index contributed by atoms with van der Waals surface area (Å²) in [5.41, 5.74) is 2.75. The molecule has 1 saturated heterocycles. The molecule has 8 rings (SSSR count). The lowest BCUT2D eigenvalue weighted by atomic mass is 9.50. The minimum atomic E-state index is -1.56. The van der Waals surface area contributed by atoms with E-state index >= 15 is 4.39 Å². The Labute approximate surface area is 227 Å². The molecular formula is C27H28FN7O5. The molecule has 3 saturated carbocycles. The van der Waals surface area contributed by atoms with Crippen LogP contribution in [0.15, 0.2) is 42.6 Å². The Kier molecular flexibility index (Phi) is 5.86. The fraction of sp³-hybridized carbons (Fsp3) is 0.407. The second-order valence-electron chi connectivity index (χ2n) is 10.7. The molecule has 0 spiro atoms. The molecule has 4 aliphatic rings. The van der Waals surface area contributed by atoms with Crippen LogP contribution < -0.4 is 15.4 Å². The number of hydrogen-bond donors (Lipinski definition) is 4. The third-order valence-corrected chi connectivity index (χ3v) is 7.93. The fourth-order valence-electron chi connectivity index (χ4n) is 5.75. The van der Waals surface area contributed by atoms with Crippen LogP contribution in [0.4, 0.5) is 20.8 Å². The second kappa shape index (κ2) is 9.45. The zero-order valence-corrected chi connectivity index (χ0v) is 21.6. The number of ether oxygens (including phenoxy) is 3. The molecule has 1 amide bonds. The van der Waals surface area contributed by atoms with Crippen molar-refractivity contribution in [2.75, 3.05) is 19.0 Å². The number of halogens is 1. The largest absolute Gasteiger partial charge is 0.497 e. The number of amides is 1. The number of aromatic amines is 1. The lowest BCUT2D eigenvalue weighted by molar-refractivity contribution is -0.0528. The molecule has 1 aromatic carbocycles. The van der Waals surface area contributed by atoms with Gasteiger partial charge >= 0.3 is 6.09 Å². The number of anilines is 2. The first-order valence-corrected chi connectivity index (χ1v) is 13.1. The molecule has 4 fully saturated rings. The van der Waals surface area contributed by atoms with E-state index in [1.165, 1.54) is 0 Å². The summed E-state index contributed by atoms with van der Waals surface area (Å²) in [6, 6.07) is 10.8. The standard InChI is InChI=1S/C27H28FN7O5/c1-38-17-4-2-3-15(5-17)19-11-35-20(6-16(12-36)34-35)25(29-19)30-22-7-18(32-33-22)24-23(28)21(13-39-24)40-26(37)31-27-8-14(9-27)10-27/h2-7,11,14,21,23-24,36H,8-10,12-13H2,1H3,(H,31,37)(H2,29,30,32,33)/t14?,21-,23-,24-,27?/m0/s1. The Morgan fingerprint density at radius 3 is 2.90 bits per heavy atom. The number of nitrogens with zero attached hydrogens (tertiary/aromatic N) is 4. The van der Waals surface area contributed by atoms with Gasteiger partial charge < -0.3 is 30.0 Å². The van der Waals surface area contributed by atoms with Gasteiger partial charge in [-0.25, -0.2) is 18.7 Å². The Morgan fingerprint density at radius 1 is 1.30 bits per heavy atom. The number of benzene rings is 1. The van der Waals surface area contributed by atoms with Crippen LogP contribution in [-0.2, 0) is 16.1 Å². The Balaban J connectivity index is 1.09. The minimum Gasteiger partial charge on any atom is -0.497 e. The fourth-order valence-corrected chi connectivity index (χ4v) is 5.75. The number of fused-ring (bicyclic) bond motifs is 1. The van der Waals surface area contributed by atoms with E-state index in [0.717, 1.165) is 24.8 Å². The van der Waals surface area contributed by atoms with E-state index < -0.39 is 24.5 Å². The number of H-pyrrole nitrogens is 1. The average molecular weight is 550 g/mol. The molecule has 40 heavy (non-hydrogen) atoms. The number of hydrogen-bond acceptors (Lipinski definition) is 9. The molecule has 0 unspecified atom stereocenters. The number of carbonyl (C=O) groups is 1. The first kappa shape index (κ1) is 24.8. The average Bonchev–Trinajstić information content (AvgIpc) is 3.64. The smallest absolute Gasteiger partial charge is 0.408 e. The zero-order chi connectivity index (χ0) is 27.4. The number of methoxy groups -OCH3 is 1. The van der Waals surface area contributed by atoms with E-state index in [1.807, 2.05) is 24.3 Å². The molecule has 4 aromatic rings. The number of alkyl halides is 1. The molecule has 13 heteroatoms. The van der Waals surface area contributed by atoms with Gasteiger partial charge in [-0.2, -0.15) is 10.2 Å². The maximum atomic E-state index is 15.3.